The number of hydrogen-bond acceptors (Lipinski definition) is 7. The van der Waals surface area contributed by atoms with E-state index in [1.165, 1.54) is 23.6 Å². The molecule has 0 spiro atoms. The number of benzene rings is 1. The van der Waals surface area contributed by atoms with Gasteiger partial charge in [0.1, 0.15) is 5.82 Å². The summed E-state index contributed by atoms with van der Waals surface area (Å²) in [5.74, 6) is 0.622. The second kappa shape index (κ2) is 10.6. The van der Waals surface area contributed by atoms with Gasteiger partial charge in [-0.3, -0.25) is 19.5 Å². The first kappa shape index (κ1) is 23.0. The summed E-state index contributed by atoms with van der Waals surface area (Å²) in [5.41, 5.74) is 1.48. The molecule has 0 saturated heterocycles. The molecule has 1 fully saturated rings. The average Bonchev–Trinajstić information content (AvgIpc) is 3.31. The highest BCUT2D eigenvalue weighted by Gasteiger charge is 2.31. The molecule has 2 aromatic heterocycles. The van der Waals surface area contributed by atoms with E-state index in [0.717, 1.165) is 30.8 Å². The van der Waals surface area contributed by atoms with Crippen LogP contribution in [-0.4, -0.2) is 44.9 Å². The van der Waals surface area contributed by atoms with E-state index in [2.05, 4.69) is 26.1 Å². The van der Waals surface area contributed by atoms with Gasteiger partial charge in [-0.15, -0.1) is 21.5 Å². The second-order valence-electron chi connectivity index (χ2n) is 7.60. The summed E-state index contributed by atoms with van der Waals surface area (Å²) in [4.78, 5) is 36.9. The number of carbonyl (C=O) groups excluding carboxylic acids is 3. The van der Waals surface area contributed by atoms with Crippen molar-refractivity contribution in [2.45, 2.75) is 37.3 Å². The predicted octanol–water partition coefficient (Wildman–Crippen LogP) is 3.33. The van der Waals surface area contributed by atoms with E-state index >= 15 is 0 Å². The number of amides is 4. The Balaban J connectivity index is 1.37. The zero-order valence-corrected chi connectivity index (χ0v) is 19.7. The van der Waals surface area contributed by atoms with Crippen molar-refractivity contribution >= 4 is 46.6 Å². The van der Waals surface area contributed by atoms with Crippen LogP contribution in [0.15, 0.2) is 46.9 Å². The smallest absolute Gasteiger partial charge is 0.321 e. The van der Waals surface area contributed by atoms with E-state index in [9.17, 15) is 14.4 Å². The zero-order chi connectivity index (χ0) is 23.2. The Morgan fingerprint density at radius 1 is 1.18 bits per heavy atom. The standard InChI is InChI=1S/C22H24N6O3S2/c1-14(29)24-16-4-2-5-17(12-16)28-20(15-7-8-15)26-27-22(28)33-13-19(30)25-21(31)23-10-9-18-6-3-11-32-18/h2-6,11-12,15H,7-10,13H2,1H3,(H,24,29)(H2,23,25,30,31). The zero-order valence-electron chi connectivity index (χ0n) is 18.0. The number of hydrogen-bond donors (Lipinski definition) is 3. The van der Waals surface area contributed by atoms with Crippen molar-refractivity contribution in [1.29, 1.82) is 0 Å². The normalized spacial score (nSPS) is 12.9. The highest BCUT2D eigenvalue weighted by atomic mass is 32.2. The summed E-state index contributed by atoms with van der Waals surface area (Å²) in [5, 5.41) is 19.0. The van der Waals surface area contributed by atoms with E-state index in [1.54, 1.807) is 11.3 Å². The van der Waals surface area contributed by atoms with E-state index in [1.807, 2.05) is 46.3 Å². The molecule has 9 nitrogen and oxygen atoms in total. The molecule has 33 heavy (non-hydrogen) atoms. The molecule has 0 atom stereocenters. The SMILES string of the molecule is CC(=O)Nc1cccc(-n2c(SCC(=O)NC(=O)NCCc3cccs3)nnc2C2CC2)c1. The molecule has 3 aromatic rings. The summed E-state index contributed by atoms with van der Waals surface area (Å²) in [6, 6.07) is 10.9. The maximum Gasteiger partial charge on any atom is 0.321 e. The van der Waals surface area contributed by atoms with Gasteiger partial charge in [-0.2, -0.15) is 0 Å². The lowest BCUT2D eigenvalue weighted by molar-refractivity contribution is -0.117. The fourth-order valence-corrected chi connectivity index (χ4v) is 4.71. The lowest BCUT2D eigenvalue weighted by Gasteiger charge is -2.12. The topological polar surface area (TPSA) is 118 Å². The van der Waals surface area contributed by atoms with Crippen LogP contribution in [0.5, 0.6) is 0 Å². The van der Waals surface area contributed by atoms with Crippen molar-refractivity contribution in [3.63, 3.8) is 0 Å². The Hall–Kier alpha value is -3.18. The molecule has 0 unspecified atom stereocenters. The molecule has 0 aliphatic heterocycles. The summed E-state index contributed by atoms with van der Waals surface area (Å²) in [7, 11) is 0. The van der Waals surface area contributed by atoms with Crippen LogP contribution in [-0.2, 0) is 16.0 Å². The van der Waals surface area contributed by atoms with Gasteiger partial charge in [0.2, 0.25) is 11.8 Å². The van der Waals surface area contributed by atoms with Gasteiger partial charge < -0.3 is 10.6 Å². The van der Waals surface area contributed by atoms with Gasteiger partial charge in [-0.05, 0) is 48.9 Å². The Morgan fingerprint density at radius 3 is 2.76 bits per heavy atom. The number of rotatable bonds is 9. The maximum atomic E-state index is 12.3. The van der Waals surface area contributed by atoms with E-state index in [-0.39, 0.29) is 11.7 Å². The highest BCUT2D eigenvalue weighted by molar-refractivity contribution is 7.99. The van der Waals surface area contributed by atoms with Gasteiger partial charge in [-0.25, -0.2) is 4.79 Å². The third-order valence-corrected chi connectivity index (χ3v) is 6.71. The monoisotopic (exact) mass is 484 g/mol. The fraction of sp³-hybridized carbons (Fsp3) is 0.318. The minimum Gasteiger partial charge on any atom is -0.337 e. The van der Waals surface area contributed by atoms with Gasteiger partial charge in [0.15, 0.2) is 5.16 Å². The summed E-state index contributed by atoms with van der Waals surface area (Å²) in [6.07, 6.45) is 2.80. The first-order valence-electron chi connectivity index (χ1n) is 10.6. The number of imide groups is 1. The van der Waals surface area contributed by atoms with Gasteiger partial charge >= 0.3 is 6.03 Å². The van der Waals surface area contributed by atoms with E-state index in [0.29, 0.717) is 23.3 Å². The van der Waals surface area contributed by atoms with Crippen molar-refractivity contribution in [2.75, 3.05) is 17.6 Å². The maximum absolute atomic E-state index is 12.3. The van der Waals surface area contributed by atoms with Crippen LogP contribution in [0.2, 0.25) is 0 Å². The first-order chi connectivity index (χ1) is 16.0. The van der Waals surface area contributed by atoms with E-state index in [4.69, 9.17) is 0 Å². The number of nitrogens with zero attached hydrogens (tertiary/aromatic N) is 3. The molecule has 0 radical (unpaired) electrons. The van der Waals surface area contributed by atoms with Crippen LogP contribution in [0.4, 0.5) is 10.5 Å². The third kappa shape index (κ3) is 6.42. The summed E-state index contributed by atoms with van der Waals surface area (Å²) >= 11 is 2.84. The fourth-order valence-electron chi connectivity index (χ4n) is 3.24. The molecule has 11 heteroatoms. The molecule has 1 saturated carbocycles. The van der Waals surface area contributed by atoms with Crippen molar-refractivity contribution in [2.24, 2.45) is 0 Å². The number of carbonyl (C=O) groups is 3. The summed E-state index contributed by atoms with van der Waals surface area (Å²) < 4.78 is 1.92. The molecule has 2 heterocycles. The molecule has 1 aliphatic rings. The average molecular weight is 485 g/mol. The number of thiophene rings is 1. The van der Waals surface area contributed by atoms with Crippen molar-refractivity contribution < 1.29 is 14.4 Å². The number of thioether (sulfide) groups is 1. The molecule has 172 valence electrons. The molecule has 3 N–H and O–H groups in total. The van der Waals surface area contributed by atoms with Gasteiger partial charge in [0.05, 0.1) is 11.4 Å². The second-order valence-corrected chi connectivity index (χ2v) is 9.58. The van der Waals surface area contributed by atoms with Crippen molar-refractivity contribution in [3.8, 4) is 5.69 Å². The van der Waals surface area contributed by atoms with Gasteiger partial charge in [0.25, 0.3) is 0 Å². The molecule has 1 aromatic carbocycles. The summed E-state index contributed by atoms with van der Waals surface area (Å²) in [6.45, 7) is 1.91. The van der Waals surface area contributed by atoms with Crippen LogP contribution in [0.25, 0.3) is 5.69 Å². The minimum absolute atomic E-state index is 0.0204. The Bertz CT molecular complexity index is 1140. The van der Waals surface area contributed by atoms with Crippen LogP contribution in [0.3, 0.4) is 0 Å². The Morgan fingerprint density at radius 2 is 2.03 bits per heavy atom. The highest BCUT2D eigenvalue weighted by Crippen LogP contribution is 2.41. The Kier molecular flexibility index (Phi) is 7.40. The largest absolute Gasteiger partial charge is 0.337 e. The number of anilines is 1. The molecular formula is C22H24N6O3S2. The Labute approximate surface area is 199 Å². The molecular weight excluding hydrogens is 460 g/mol. The lowest BCUT2D eigenvalue weighted by atomic mass is 10.2. The van der Waals surface area contributed by atoms with Crippen molar-refractivity contribution in [3.05, 3.63) is 52.5 Å². The molecule has 0 bridgehead atoms. The minimum atomic E-state index is -0.514. The van der Waals surface area contributed by atoms with Gasteiger partial charge in [0, 0.05) is 30.0 Å². The van der Waals surface area contributed by atoms with Crippen LogP contribution in [0, 0.1) is 0 Å². The quantitative estimate of drug-likeness (QED) is 0.401. The number of aromatic nitrogens is 3. The van der Waals surface area contributed by atoms with Crippen molar-refractivity contribution in [1.82, 2.24) is 25.4 Å². The van der Waals surface area contributed by atoms with Crippen LogP contribution >= 0.6 is 23.1 Å². The van der Waals surface area contributed by atoms with Gasteiger partial charge in [-0.1, -0.05) is 23.9 Å². The predicted molar refractivity (Wildman–Crippen MR) is 128 cm³/mol. The number of urea groups is 1. The third-order valence-electron chi connectivity index (χ3n) is 4.85. The van der Waals surface area contributed by atoms with E-state index < -0.39 is 11.9 Å². The molecule has 1 aliphatic carbocycles. The van der Waals surface area contributed by atoms with Crippen LogP contribution in [0.1, 0.15) is 36.4 Å². The molecule has 4 rings (SSSR count). The first-order valence-corrected chi connectivity index (χ1v) is 12.4. The molecule has 4 amide bonds. The lowest BCUT2D eigenvalue weighted by Crippen LogP contribution is -2.41. The van der Waals surface area contributed by atoms with Crippen LogP contribution < -0.4 is 16.0 Å². The number of nitrogens with one attached hydrogen (secondary N) is 3.